The van der Waals surface area contributed by atoms with Crippen LogP contribution in [0.5, 0.6) is 5.75 Å². The normalized spacial score (nSPS) is 11.0. The van der Waals surface area contributed by atoms with Crippen LogP contribution in [0.25, 0.3) is 32.7 Å². The van der Waals surface area contributed by atoms with E-state index < -0.39 is 5.97 Å². The van der Waals surface area contributed by atoms with Gasteiger partial charge in [0.2, 0.25) is 0 Å². The van der Waals surface area contributed by atoms with Crippen LogP contribution >= 0.6 is 11.3 Å². The van der Waals surface area contributed by atoms with Gasteiger partial charge < -0.3 is 9.84 Å². The minimum absolute atomic E-state index is 0.0130. The Kier molecular flexibility index (Phi) is 5.86. The molecular weight excluding hydrogens is 412 g/mol. The molecule has 0 unspecified atom stereocenters. The highest BCUT2D eigenvalue weighted by Crippen LogP contribution is 2.37. The van der Waals surface area contributed by atoms with E-state index in [2.05, 4.69) is 0 Å². The van der Waals surface area contributed by atoms with E-state index in [4.69, 9.17) is 14.8 Å². The van der Waals surface area contributed by atoms with Crippen LogP contribution in [0.2, 0.25) is 0 Å². The standard InChI is InChI=1S/C24H22N2O4S/c1-15-10-11-19(30-2)17(13-15)18-14-31-23-21(18)24(29)26(12-6-9-20(27)28)22(25-23)16-7-4-3-5-8-16/h3-5,7-8,10-11,13-14H,6,9,12H2,1-2H3,(H,27,28). The summed E-state index contributed by atoms with van der Waals surface area (Å²) in [6, 6.07) is 15.4. The average molecular weight is 435 g/mol. The molecule has 0 radical (unpaired) electrons. The maximum atomic E-state index is 13.7. The van der Waals surface area contributed by atoms with Crippen LogP contribution in [0.4, 0.5) is 0 Å². The van der Waals surface area contributed by atoms with Gasteiger partial charge >= 0.3 is 5.97 Å². The molecule has 7 heteroatoms. The first-order valence-corrected chi connectivity index (χ1v) is 10.8. The Bertz CT molecular complexity index is 1310. The van der Waals surface area contributed by atoms with Crippen LogP contribution in [0.1, 0.15) is 18.4 Å². The molecule has 0 bridgehead atoms. The second-order valence-electron chi connectivity index (χ2n) is 7.29. The summed E-state index contributed by atoms with van der Waals surface area (Å²) in [7, 11) is 1.61. The first kappa shape index (κ1) is 20.8. The average Bonchev–Trinajstić information content (AvgIpc) is 3.19. The van der Waals surface area contributed by atoms with Crippen molar-refractivity contribution in [2.24, 2.45) is 0 Å². The van der Waals surface area contributed by atoms with E-state index >= 15 is 0 Å². The number of rotatable bonds is 7. The number of methoxy groups -OCH3 is 1. The number of benzene rings is 2. The Morgan fingerprint density at radius 1 is 1.16 bits per heavy atom. The Morgan fingerprint density at radius 2 is 1.94 bits per heavy atom. The molecule has 0 aliphatic carbocycles. The minimum atomic E-state index is -0.885. The number of aliphatic carboxylic acids is 1. The second-order valence-corrected chi connectivity index (χ2v) is 8.15. The number of hydrogen-bond donors (Lipinski definition) is 1. The number of carboxylic acids is 1. The molecule has 2 aromatic heterocycles. The molecule has 1 N–H and O–H groups in total. The molecule has 0 atom stereocenters. The van der Waals surface area contributed by atoms with Gasteiger partial charge in [-0.15, -0.1) is 11.3 Å². The molecular formula is C24H22N2O4S. The number of fused-ring (bicyclic) bond motifs is 1. The third kappa shape index (κ3) is 4.09. The van der Waals surface area contributed by atoms with Crippen molar-refractivity contribution < 1.29 is 14.6 Å². The number of carboxylic acid groups (broad SMARTS) is 1. The lowest BCUT2D eigenvalue weighted by Gasteiger charge is -2.13. The predicted molar refractivity (Wildman–Crippen MR) is 123 cm³/mol. The van der Waals surface area contributed by atoms with Crippen LogP contribution in [0, 0.1) is 6.92 Å². The smallest absolute Gasteiger partial charge is 0.303 e. The first-order chi connectivity index (χ1) is 15.0. The van der Waals surface area contributed by atoms with Crippen molar-refractivity contribution in [3.05, 3.63) is 69.8 Å². The van der Waals surface area contributed by atoms with E-state index in [0.717, 1.165) is 22.3 Å². The summed E-state index contributed by atoms with van der Waals surface area (Å²) in [5, 5.41) is 11.5. The van der Waals surface area contributed by atoms with Crippen molar-refractivity contribution in [2.45, 2.75) is 26.3 Å². The SMILES string of the molecule is COc1ccc(C)cc1-c1csc2nc(-c3ccccc3)n(CCCC(=O)O)c(=O)c12. The van der Waals surface area contributed by atoms with Crippen LogP contribution < -0.4 is 10.3 Å². The van der Waals surface area contributed by atoms with Crippen LogP contribution in [0.3, 0.4) is 0 Å². The Hall–Kier alpha value is -3.45. The van der Waals surface area contributed by atoms with Gasteiger partial charge in [-0.1, -0.05) is 42.0 Å². The minimum Gasteiger partial charge on any atom is -0.496 e. The monoisotopic (exact) mass is 434 g/mol. The van der Waals surface area contributed by atoms with E-state index in [1.807, 2.05) is 60.8 Å². The maximum Gasteiger partial charge on any atom is 0.303 e. The molecule has 158 valence electrons. The molecule has 0 aliphatic heterocycles. The fourth-order valence-corrected chi connectivity index (χ4v) is 4.59. The molecule has 0 amide bonds. The molecule has 4 aromatic rings. The quantitative estimate of drug-likeness (QED) is 0.444. The molecule has 4 rings (SSSR count). The Labute approximate surface area is 183 Å². The highest BCUT2D eigenvalue weighted by atomic mass is 32.1. The zero-order valence-electron chi connectivity index (χ0n) is 17.3. The Morgan fingerprint density at radius 3 is 2.65 bits per heavy atom. The first-order valence-electron chi connectivity index (χ1n) is 9.94. The molecule has 0 spiro atoms. The summed E-state index contributed by atoms with van der Waals surface area (Å²) in [5.41, 5.74) is 3.33. The van der Waals surface area contributed by atoms with Gasteiger partial charge in [-0.2, -0.15) is 0 Å². The lowest BCUT2D eigenvalue weighted by molar-refractivity contribution is -0.137. The number of aryl methyl sites for hydroxylation is 1. The van der Waals surface area contributed by atoms with E-state index in [0.29, 0.717) is 28.2 Å². The van der Waals surface area contributed by atoms with E-state index in [9.17, 15) is 9.59 Å². The zero-order chi connectivity index (χ0) is 22.0. The van der Waals surface area contributed by atoms with E-state index in [1.54, 1.807) is 11.7 Å². The van der Waals surface area contributed by atoms with Crippen LogP contribution in [-0.4, -0.2) is 27.7 Å². The zero-order valence-corrected chi connectivity index (χ0v) is 18.1. The van der Waals surface area contributed by atoms with Gasteiger partial charge in [-0.05, 0) is 25.5 Å². The summed E-state index contributed by atoms with van der Waals surface area (Å²) in [6.07, 6.45) is 0.330. The van der Waals surface area contributed by atoms with E-state index in [-0.39, 0.29) is 18.5 Å². The summed E-state index contributed by atoms with van der Waals surface area (Å²) >= 11 is 1.42. The molecule has 6 nitrogen and oxygen atoms in total. The fraction of sp³-hybridized carbons (Fsp3) is 0.208. The molecule has 2 heterocycles. The highest BCUT2D eigenvalue weighted by molar-refractivity contribution is 7.17. The van der Waals surface area contributed by atoms with Gasteiger partial charge in [0.1, 0.15) is 16.4 Å². The number of ether oxygens (including phenoxy) is 1. The third-order valence-corrected chi connectivity index (χ3v) is 6.02. The van der Waals surface area contributed by atoms with Crippen molar-refractivity contribution in [3.63, 3.8) is 0 Å². The molecule has 2 aromatic carbocycles. The second kappa shape index (κ2) is 8.73. The van der Waals surface area contributed by atoms with Gasteiger partial charge in [-0.25, -0.2) is 4.98 Å². The molecule has 0 fully saturated rings. The largest absolute Gasteiger partial charge is 0.496 e. The van der Waals surface area contributed by atoms with Crippen molar-refractivity contribution >= 4 is 27.5 Å². The summed E-state index contributed by atoms with van der Waals surface area (Å²) < 4.78 is 7.13. The van der Waals surface area contributed by atoms with E-state index in [1.165, 1.54) is 11.3 Å². The van der Waals surface area contributed by atoms with Gasteiger partial charge in [0.25, 0.3) is 5.56 Å². The van der Waals surface area contributed by atoms with Crippen LogP contribution in [0.15, 0.2) is 58.7 Å². The van der Waals surface area contributed by atoms with Gasteiger partial charge in [0.15, 0.2) is 0 Å². The maximum absolute atomic E-state index is 13.7. The topological polar surface area (TPSA) is 81.4 Å². The fourth-order valence-electron chi connectivity index (χ4n) is 3.66. The summed E-state index contributed by atoms with van der Waals surface area (Å²) in [6.45, 7) is 2.27. The number of aromatic nitrogens is 2. The predicted octanol–water partition coefficient (Wildman–Crippen LogP) is 4.97. The van der Waals surface area contributed by atoms with Crippen molar-refractivity contribution in [2.75, 3.05) is 7.11 Å². The number of carbonyl (C=O) groups is 1. The summed E-state index contributed by atoms with van der Waals surface area (Å²) in [4.78, 5) is 30.2. The van der Waals surface area contributed by atoms with Gasteiger partial charge in [-0.3, -0.25) is 14.2 Å². The number of nitrogens with zero attached hydrogens (tertiary/aromatic N) is 2. The third-order valence-electron chi connectivity index (χ3n) is 5.14. The van der Waals surface area contributed by atoms with Crippen molar-refractivity contribution in [1.29, 1.82) is 0 Å². The molecule has 0 saturated carbocycles. The van der Waals surface area contributed by atoms with Crippen LogP contribution in [-0.2, 0) is 11.3 Å². The van der Waals surface area contributed by atoms with Gasteiger partial charge in [0.05, 0.1) is 12.5 Å². The Balaban J connectivity index is 1.95. The number of hydrogen-bond acceptors (Lipinski definition) is 5. The lowest BCUT2D eigenvalue weighted by atomic mass is 10.0. The molecule has 0 aliphatic rings. The van der Waals surface area contributed by atoms with Crippen molar-refractivity contribution in [3.8, 4) is 28.3 Å². The molecule has 0 saturated heterocycles. The summed E-state index contributed by atoms with van der Waals surface area (Å²) in [5.74, 6) is 0.353. The lowest BCUT2D eigenvalue weighted by Crippen LogP contribution is -2.24. The molecule has 31 heavy (non-hydrogen) atoms. The highest BCUT2D eigenvalue weighted by Gasteiger charge is 2.20. The van der Waals surface area contributed by atoms with Crippen molar-refractivity contribution in [1.82, 2.24) is 9.55 Å². The van der Waals surface area contributed by atoms with Gasteiger partial charge in [0, 0.05) is 35.0 Å². The number of thiophene rings is 1.